The smallest absolute Gasteiger partial charge is 0.313 e. The highest BCUT2D eigenvalue weighted by Gasteiger charge is 2.46. The Morgan fingerprint density at radius 2 is 1.88 bits per heavy atom. The Labute approximate surface area is 92.5 Å². The molecule has 1 atom stereocenters. The predicted octanol–water partition coefficient (Wildman–Crippen LogP) is 1.91. The Balaban J connectivity index is 2.33. The molecule has 0 aromatic heterocycles. The highest BCUT2D eigenvalue weighted by atomic mass is 19.1. The van der Waals surface area contributed by atoms with Crippen LogP contribution >= 0.6 is 0 Å². The average Bonchev–Trinajstić information content (AvgIpc) is 2.18. The first-order valence-corrected chi connectivity index (χ1v) is 5.23. The van der Waals surface area contributed by atoms with Crippen LogP contribution in [0.4, 0.5) is 4.39 Å². The number of hydrogen-bond acceptors (Lipinski definition) is 2. The molecule has 0 spiro atoms. The minimum atomic E-state index is -1.16. The van der Waals surface area contributed by atoms with E-state index in [4.69, 9.17) is 5.11 Å². The second kappa shape index (κ2) is 3.87. The number of aliphatic hydroxyl groups is 1. The fourth-order valence-electron chi connectivity index (χ4n) is 2.17. The number of aliphatic carboxylic acids is 1. The van der Waals surface area contributed by atoms with Crippen LogP contribution in [0.1, 0.15) is 30.7 Å². The summed E-state index contributed by atoms with van der Waals surface area (Å²) in [6.07, 6.45) is 1.81. The van der Waals surface area contributed by atoms with Gasteiger partial charge in [0, 0.05) is 0 Å². The largest absolute Gasteiger partial charge is 0.481 e. The van der Waals surface area contributed by atoms with Gasteiger partial charge in [0.25, 0.3) is 0 Å². The van der Waals surface area contributed by atoms with Gasteiger partial charge in [-0.1, -0.05) is 12.1 Å². The third kappa shape index (κ3) is 1.80. The molecule has 2 N–H and O–H groups in total. The Kier molecular flexibility index (Phi) is 2.68. The van der Waals surface area contributed by atoms with Gasteiger partial charge in [-0.15, -0.1) is 0 Å². The zero-order chi connectivity index (χ0) is 11.8. The second-order valence-electron chi connectivity index (χ2n) is 4.28. The van der Waals surface area contributed by atoms with Crippen molar-refractivity contribution in [3.05, 3.63) is 35.6 Å². The van der Waals surface area contributed by atoms with E-state index in [-0.39, 0.29) is 0 Å². The zero-order valence-electron chi connectivity index (χ0n) is 8.69. The fraction of sp³-hybridized carbons (Fsp3) is 0.417. The van der Waals surface area contributed by atoms with Crippen molar-refractivity contribution < 1.29 is 19.4 Å². The SMILES string of the molecule is O=C(O)C(c1ccc(F)cc1)C1(O)CCC1. The van der Waals surface area contributed by atoms with Crippen molar-refractivity contribution in [1.29, 1.82) is 0 Å². The molecule has 0 aliphatic heterocycles. The summed E-state index contributed by atoms with van der Waals surface area (Å²) >= 11 is 0. The van der Waals surface area contributed by atoms with Crippen LogP contribution in [-0.4, -0.2) is 21.8 Å². The van der Waals surface area contributed by atoms with Gasteiger partial charge in [-0.05, 0) is 37.0 Å². The molecular formula is C12H13FO3. The maximum atomic E-state index is 12.7. The Hall–Kier alpha value is -1.42. The van der Waals surface area contributed by atoms with E-state index < -0.39 is 23.3 Å². The molecule has 0 heterocycles. The summed E-state index contributed by atoms with van der Waals surface area (Å²) in [6, 6.07) is 5.27. The van der Waals surface area contributed by atoms with Gasteiger partial charge in [-0.2, -0.15) is 0 Å². The van der Waals surface area contributed by atoms with Crippen LogP contribution in [0.2, 0.25) is 0 Å². The second-order valence-corrected chi connectivity index (χ2v) is 4.28. The number of carboxylic acid groups (broad SMARTS) is 1. The molecule has 1 unspecified atom stereocenters. The van der Waals surface area contributed by atoms with E-state index in [0.717, 1.165) is 6.42 Å². The minimum Gasteiger partial charge on any atom is -0.481 e. The Bertz CT molecular complexity index is 395. The van der Waals surface area contributed by atoms with Crippen molar-refractivity contribution in [3.8, 4) is 0 Å². The van der Waals surface area contributed by atoms with E-state index >= 15 is 0 Å². The standard InChI is InChI=1S/C12H13FO3/c13-9-4-2-8(3-5-9)10(11(14)15)12(16)6-1-7-12/h2-5,10,16H,1,6-7H2,(H,14,15). The van der Waals surface area contributed by atoms with Gasteiger partial charge >= 0.3 is 5.97 Å². The summed E-state index contributed by atoms with van der Waals surface area (Å²) in [5.41, 5.74) is -0.708. The third-order valence-electron chi connectivity index (χ3n) is 3.21. The number of carboxylic acids is 1. The highest BCUT2D eigenvalue weighted by Crippen LogP contribution is 2.43. The van der Waals surface area contributed by atoms with Gasteiger partial charge in [0.1, 0.15) is 11.7 Å². The molecule has 2 rings (SSSR count). The topological polar surface area (TPSA) is 57.5 Å². The number of hydrogen-bond donors (Lipinski definition) is 2. The van der Waals surface area contributed by atoms with Crippen LogP contribution in [0.25, 0.3) is 0 Å². The molecule has 0 bridgehead atoms. The number of benzene rings is 1. The molecule has 1 saturated carbocycles. The van der Waals surface area contributed by atoms with Crippen LogP contribution in [0.15, 0.2) is 24.3 Å². The minimum absolute atomic E-state index is 0.409. The van der Waals surface area contributed by atoms with Crippen molar-refractivity contribution in [2.24, 2.45) is 0 Å². The summed E-state index contributed by atoms with van der Waals surface area (Å²) in [7, 11) is 0. The molecule has 4 heteroatoms. The first-order chi connectivity index (χ1) is 7.53. The molecule has 1 fully saturated rings. The third-order valence-corrected chi connectivity index (χ3v) is 3.21. The first-order valence-electron chi connectivity index (χ1n) is 5.23. The van der Waals surface area contributed by atoms with Gasteiger partial charge in [-0.3, -0.25) is 4.79 Å². The van der Waals surface area contributed by atoms with E-state index in [9.17, 15) is 14.3 Å². The highest BCUT2D eigenvalue weighted by molar-refractivity contribution is 5.78. The van der Waals surface area contributed by atoms with Gasteiger partial charge in [0.05, 0.1) is 5.60 Å². The van der Waals surface area contributed by atoms with E-state index in [1.807, 2.05) is 0 Å². The summed E-state index contributed by atoms with van der Waals surface area (Å²) in [4.78, 5) is 11.2. The zero-order valence-corrected chi connectivity index (χ0v) is 8.69. The van der Waals surface area contributed by atoms with Gasteiger partial charge < -0.3 is 10.2 Å². The van der Waals surface area contributed by atoms with Gasteiger partial charge in [0.2, 0.25) is 0 Å². The monoisotopic (exact) mass is 224 g/mol. The molecule has 16 heavy (non-hydrogen) atoms. The van der Waals surface area contributed by atoms with Crippen LogP contribution < -0.4 is 0 Å². The lowest BCUT2D eigenvalue weighted by Crippen LogP contribution is -2.46. The molecule has 1 aliphatic rings. The molecular weight excluding hydrogens is 211 g/mol. The number of carbonyl (C=O) groups is 1. The fourth-order valence-corrected chi connectivity index (χ4v) is 2.17. The average molecular weight is 224 g/mol. The maximum Gasteiger partial charge on any atom is 0.313 e. The molecule has 1 aromatic rings. The van der Waals surface area contributed by atoms with Crippen molar-refractivity contribution in [2.45, 2.75) is 30.8 Å². The van der Waals surface area contributed by atoms with Crippen molar-refractivity contribution in [1.82, 2.24) is 0 Å². The summed E-state index contributed by atoms with van der Waals surface area (Å²) < 4.78 is 12.7. The van der Waals surface area contributed by atoms with Crippen LogP contribution in [0, 0.1) is 5.82 Å². The van der Waals surface area contributed by atoms with Crippen LogP contribution in [-0.2, 0) is 4.79 Å². The molecule has 1 aliphatic carbocycles. The van der Waals surface area contributed by atoms with Crippen molar-refractivity contribution in [3.63, 3.8) is 0 Å². The maximum absolute atomic E-state index is 12.7. The molecule has 86 valence electrons. The lowest BCUT2D eigenvalue weighted by Gasteiger charge is -2.41. The number of rotatable bonds is 3. The summed E-state index contributed by atoms with van der Waals surface area (Å²) in [5, 5.41) is 19.2. The van der Waals surface area contributed by atoms with E-state index in [0.29, 0.717) is 18.4 Å². The predicted molar refractivity (Wildman–Crippen MR) is 55.6 cm³/mol. The number of halogens is 1. The van der Waals surface area contributed by atoms with E-state index in [2.05, 4.69) is 0 Å². The Morgan fingerprint density at radius 3 is 2.25 bits per heavy atom. The first kappa shape index (κ1) is 11.1. The van der Waals surface area contributed by atoms with Crippen LogP contribution in [0.3, 0.4) is 0 Å². The quantitative estimate of drug-likeness (QED) is 0.824. The Morgan fingerprint density at radius 1 is 1.31 bits per heavy atom. The van der Waals surface area contributed by atoms with E-state index in [1.165, 1.54) is 24.3 Å². The van der Waals surface area contributed by atoms with E-state index in [1.54, 1.807) is 0 Å². The lowest BCUT2D eigenvalue weighted by molar-refractivity contribution is -0.151. The molecule has 3 nitrogen and oxygen atoms in total. The summed E-state index contributed by atoms with van der Waals surface area (Å²) in [6.45, 7) is 0. The summed E-state index contributed by atoms with van der Waals surface area (Å²) in [5.74, 6) is -2.43. The molecule has 0 amide bonds. The molecule has 0 saturated heterocycles. The molecule has 0 radical (unpaired) electrons. The van der Waals surface area contributed by atoms with Gasteiger partial charge in [0.15, 0.2) is 0 Å². The van der Waals surface area contributed by atoms with Crippen molar-refractivity contribution in [2.75, 3.05) is 0 Å². The molecule has 1 aromatic carbocycles. The van der Waals surface area contributed by atoms with Gasteiger partial charge in [-0.25, -0.2) is 4.39 Å². The lowest BCUT2D eigenvalue weighted by atomic mass is 9.68. The van der Waals surface area contributed by atoms with Crippen LogP contribution in [0.5, 0.6) is 0 Å². The normalized spacial score (nSPS) is 19.9. The van der Waals surface area contributed by atoms with Crippen molar-refractivity contribution >= 4 is 5.97 Å².